The summed E-state index contributed by atoms with van der Waals surface area (Å²) in [6, 6.07) is 11.0. The normalized spacial score (nSPS) is 16.2. The minimum Gasteiger partial charge on any atom is -0.369 e. The highest BCUT2D eigenvalue weighted by Crippen LogP contribution is 2.27. The molecular formula is C18H19N5O2. The summed E-state index contributed by atoms with van der Waals surface area (Å²) in [5.74, 6) is 0. The first-order chi connectivity index (χ1) is 12.1. The summed E-state index contributed by atoms with van der Waals surface area (Å²) in [7, 11) is 0. The number of nitro benzene ring substituents is 1. The molecule has 0 radical (unpaired) electrons. The van der Waals surface area contributed by atoms with Crippen molar-refractivity contribution in [2.45, 2.75) is 13.0 Å². The van der Waals surface area contributed by atoms with E-state index in [1.807, 2.05) is 18.3 Å². The Hall–Kier alpha value is -2.98. The third-order valence-electron chi connectivity index (χ3n) is 4.69. The quantitative estimate of drug-likeness (QED) is 0.630. The molecule has 1 atom stereocenters. The van der Waals surface area contributed by atoms with Gasteiger partial charge in [-0.05, 0) is 30.7 Å². The van der Waals surface area contributed by atoms with Gasteiger partial charge in [0.05, 0.1) is 4.92 Å². The van der Waals surface area contributed by atoms with Crippen molar-refractivity contribution in [2.24, 2.45) is 0 Å². The second-order valence-corrected chi connectivity index (χ2v) is 6.06. The first kappa shape index (κ1) is 16.9. The van der Waals surface area contributed by atoms with Crippen LogP contribution in [0.1, 0.15) is 24.1 Å². The number of pyridine rings is 1. The van der Waals surface area contributed by atoms with E-state index in [4.69, 9.17) is 5.26 Å². The molecule has 0 N–H and O–H groups in total. The molecule has 2 aromatic rings. The minimum atomic E-state index is -0.518. The summed E-state index contributed by atoms with van der Waals surface area (Å²) in [5, 5.41) is 20.1. The second-order valence-electron chi connectivity index (χ2n) is 6.06. The van der Waals surface area contributed by atoms with E-state index in [2.05, 4.69) is 27.8 Å². The van der Waals surface area contributed by atoms with Gasteiger partial charge in [-0.1, -0.05) is 6.07 Å². The van der Waals surface area contributed by atoms with Crippen LogP contribution < -0.4 is 4.90 Å². The monoisotopic (exact) mass is 337 g/mol. The summed E-state index contributed by atoms with van der Waals surface area (Å²) in [4.78, 5) is 19.2. The number of hydrogen-bond acceptors (Lipinski definition) is 6. The molecule has 0 bridgehead atoms. The van der Waals surface area contributed by atoms with Gasteiger partial charge in [0.25, 0.3) is 5.69 Å². The number of anilines is 1. The Labute approximate surface area is 146 Å². The summed E-state index contributed by atoms with van der Waals surface area (Å²) in [6.07, 6.45) is 3.67. The predicted molar refractivity (Wildman–Crippen MR) is 94.2 cm³/mol. The Balaban J connectivity index is 1.68. The number of nitriles is 1. The summed E-state index contributed by atoms with van der Waals surface area (Å²) >= 11 is 0. The van der Waals surface area contributed by atoms with Crippen molar-refractivity contribution >= 4 is 11.4 Å². The molecule has 1 fully saturated rings. The highest BCUT2D eigenvalue weighted by Gasteiger charge is 2.23. The minimum absolute atomic E-state index is 0.105. The molecule has 1 aromatic carbocycles. The molecule has 0 amide bonds. The van der Waals surface area contributed by atoms with Crippen LogP contribution in [0, 0.1) is 21.4 Å². The van der Waals surface area contributed by atoms with Crippen LogP contribution in [0.15, 0.2) is 42.7 Å². The maximum Gasteiger partial charge on any atom is 0.287 e. The van der Waals surface area contributed by atoms with Crippen LogP contribution in [-0.2, 0) is 0 Å². The van der Waals surface area contributed by atoms with Crippen molar-refractivity contribution in [2.75, 3.05) is 31.1 Å². The van der Waals surface area contributed by atoms with E-state index in [-0.39, 0.29) is 11.3 Å². The zero-order valence-electron chi connectivity index (χ0n) is 14.0. The molecule has 1 saturated heterocycles. The van der Waals surface area contributed by atoms with Gasteiger partial charge >= 0.3 is 0 Å². The molecule has 2 heterocycles. The number of nitro groups is 1. The van der Waals surface area contributed by atoms with Crippen molar-refractivity contribution in [3.63, 3.8) is 0 Å². The lowest BCUT2D eigenvalue weighted by Crippen LogP contribution is -2.47. The molecule has 3 rings (SSSR count). The maximum atomic E-state index is 10.9. The van der Waals surface area contributed by atoms with Crippen LogP contribution in [0.2, 0.25) is 0 Å². The van der Waals surface area contributed by atoms with Crippen LogP contribution in [0.5, 0.6) is 0 Å². The van der Waals surface area contributed by atoms with Gasteiger partial charge in [0.2, 0.25) is 0 Å². The van der Waals surface area contributed by atoms with Crippen molar-refractivity contribution < 1.29 is 4.92 Å². The molecule has 1 aliphatic rings. The lowest BCUT2D eigenvalue weighted by Gasteiger charge is -2.39. The van der Waals surface area contributed by atoms with Gasteiger partial charge in [-0.3, -0.25) is 20.0 Å². The zero-order valence-corrected chi connectivity index (χ0v) is 14.0. The van der Waals surface area contributed by atoms with E-state index in [1.54, 1.807) is 18.3 Å². The predicted octanol–water partition coefficient (Wildman–Crippen LogP) is 2.74. The van der Waals surface area contributed by atoms with Crippen LogP contribution in [0.4, 0.5) is 11.4 Å². The fourth-order valence-electron chi connectivity index (χ4n) is 3.17. The standard InChI is InChI=1S/C18H19N5O2/c1-14(15-3-2-6-20-13-15)21-7-9-22(10-8-21)17-4-5-18(23(24)25)16(11-17)12-19/h2-6,11,13-14H,7-10H2,1H3/t14-/m0/s1. The fraction of sp³-hybridized carbons (Fsp3) is 0.333. The average molecular weight is 337 g/mol. The van der Waals surface area contributed by atoms with Gasteiger partial charge in [0, 0.05) is 56.4 Å². The Bertz CT molecular complexity index is 795. The number of aromatic nitrogens is 1. The molecule has 0 saturated carbocycles. The molecule has 1 aromatic heterocycles. The number of hydrogen-bond donors (Lipinski definition) is 0. The number of nitrogens with zero attached hydrogens (tertiary/aromatic N) is 5. The Morgan fingerprint density at radius 1 is 1.28 bits per heavy atom. The van der Waals surface area contributed by atoms with Crippen molar-refractivity contribution in [3.05, 3.63) is 64.0 Å². The Morgan fingerprint density at radius 2 is 2.04 bits per heavy atom. The highest BCUT2D eigenvalue weighted by atomic mass is 16.6. The van der Waals surface area contributed by atoms with E-state index in [0.717, 1.165) is 31.9 Å². The van der Waals surface area contributed by atoms with Gasteiger partial charge in [-0.15, -0.1) is 0 Å². The highest BCUT2D eigenvalue weighted by molar-refractivity contribution is 5.60. The third-order valence-corrected chi connectivity index (χ3v) is 4.69. The van der Waals surface area contributed by atoms with Crippen molar-refractivity contribution in [1.82, 2.24) is 9.88 Å². The van der Waals surface area contributed by atoms with Gasteiger partial charge < -0.3 is 4.90 Å². The molecule has 0 spiro atoms. The summed E-state index contributed by atoms with van der Waals surface area (Å²) in [6.45, 7) is 5.57. The lowest BCUT2D eigenvalue weighted by atomic mass is 10.1. The summed E-state index contributed by atoms with van der Waals surface area (Å²) in [5.41, 5.74) is 2.01. The Kier molecular flexibility index (Phi) is 4.91. The van der Waals surface area contributed by atoms with Gasteiger partial charge in [-0.25, -0.2) is 0 Å². The van der Waals surface area contributed by atoms with Crippen molar-refractivity contribution in [3.8, 4) is 6.07 Å². The van der Waals surface area contributed by atoms with Gasteiger partial charge in [-0.2, -0.15) is 5.26 Å². The fourth-order valence-corrected chi connectivity index (χ4v) is 3.17. The largest absolute Gasteiger partial charge is 0.369 e. The zero-order chi connectivity index (χ0) is 17.8. The third kappa shape index (κ3) is 3.59. The molecule has 0 unspecified atom stereocenters. The van der Waals surface area contributed by atoms with E-state index >= 15 is 0 Å². The van der Waals surface area contributed by atoms with E-state index < -0.39 is 4.92 Å². The topological polar surface area (TPSA) is 86.3 Å². The van der Waals surface area contributed by atoms with Crippen LogP contribution in [0.25, 0.3) is 0 Å². The second kappa shape index (κ2) is 7.28. The smallest absolute Gasteiger partial charge is 0.287 e. The molecule has 128 valence electrons. The molecule has 7 nitrogen and oxygen atoms in total. The molecule has 1 aliphatic heterocycles. The lowest BCUT2D eigenvalue weighted by molar-refractivity contribution is -0.385. The number of rotatable bonds is 4. The van der Waals surface area contributed by atoms with E-state index in [9.17, 15) is 10.1 Å². The first-order valence-electron chi connectivity index (χ1n) is 8.17. The first-order valence-corrected chi connectivity index (χ1v) is 8.17. The SMILES string of the molecule is C[C@@H](c1cccnc1)N1CCN(c2ccc([N+](=O)[O-])c(C#N)c2)CC1. The average Bonchev–Trinajstić information content (AvgIpc) is 2.67. The molecule has 25 heavy (non-hydrogen) atoms. The van der Waals surface area contributed by atoms with E-state index in [0.29, 0.717) is 6.04 Å². The van der Waals surface area contributed by atoms with Crippen LogP contribution in [0.3, 0.4) is 0 Å². The van der Waals surface area contributed by atoms with Crippen molar-refractivity contribution in [1.29, 1.82) is 5.26 Å². The maximum absolute atomic E-state index is 10.9. The molecular weight excluding hydrogens is 318 g/mol. The van der Waals surface area contributed by atoms with E-state index in [1.165, 1.54) is 11.6 Å². The number of benzene rings is 1. The van der Waals surface area contributed by atoms with Crippen LogP contribution in [-0.4, -0.2) is 41.0 Å². The van der Waals surface area contributed by atoms with Gasteiger partial charge in [0.1, 0.15) is 11.6 Å². The number of piperazine rings is 1. The Morgan fingerprint density at radius 3 is 2.64 bits per heavy atom. The van der Waals surface area contributed by atoms with Gasteiger partial charge in [0.15, 0.2) is 0 Å². The summed E-state index contributed by atoms with van der Waals surface area (Å²) < 4.78 is 0. The molecule has 7 heteroatoms. The van der Waals surface area contributed by atoms with Crippen LogP contribution >= 0.6 is 0 Å². The molecule has 0 aliphatic carbocycles.